The zero-order valence-corrected chi connectivity index (χ0v) is 11.5. The van der Waals surface area contributed by atoms with E-state index in [0.717, 1.165) is 24.8 Å². The Balaban J connectivity index is 2.60. The standard InChI is InChI=1S/C13H18Cl2N2/c1-9(2)3-5-11(17-16)7-10-4-6-12(14)13(15)8-10/h4,6,8,11,17H,1,3,5,7,16H2,2H3. The Morgan fingerprint density at radius 1 is 1.41 bits per heavy atom. The summed E-state index contributed by atoms with van der Waals surface area (Å²) in [5.74, 6) is 5.54. The van der Waals surface area contributed by atoms with Crippen molar-refractivity contribution >= 4 is 23.2 Å². The van der Waals surface area contributed by atoms with Crippen molar-refractivity contribution in [1.82, 2.24) is 5.43 Å². The Hall–Kier alpha value is -0.540. The number of hydrogen-bond acceptors (Lipinski definition) is 2. The lowest BCUT2D eigenvalue weighted by atomic mass is 10.0. The lowest BCUT2D eigenvalue weighted by Crippen LogP contribution is -2.36. The van der Waals surface area contributed by atoms with E-state index in [-0.39, 0.29) is 6.04 Å². The molecular weight excluding hydrogens is 255 g/mol. The topological polar surface area (TPSA) is 38.0 Å². The molecule has 0 fully saturated rings. The van der Waals surface area contributed by atoms with Crippen molar-refractivity contribution in [3.63, 3.8) is 0 Å². The Kier molecular flexibility index (Phi) is 6.00. The van der Waals surface area contributed by atoms with Gasteiger partial charge in [-0.2, -0.15) is 0 Å². The van der Waals surface area contributed by atoms with E-state index in [1.54, 1.807) is 0 Å². The Bertz CT molecular complexity index is 391. The SMILES string of the molecule is C=C(C)CCC(Cc1ccc(Cl)c(Cl)c1)NN. The van der Waals surface area contributed by atoms with E-state index in [4.69, 9.17) is 29.0 Å². The second-order valence-corrected chi connectivity index (χ2v) is 5.13. The molecular formula is C13H18Cl2N2. The molecule has 0 bridgehead atoms. The zero-order chi connectivity index (χ0) is 12.8. The second-order valence-electron chi connectivity index (χ2n) is 4.31. The van der Waals surface area contributed by atoms with Crippen molar-refractivity contribution in [3.05, 3.63) is 46.0 Å². The fraction of sp³-hybridized carbons (Fsp3) is 0.385. The van der Waals surface area contributed by atoms with E-state index in [1.165, 1.54) is 5.57 Å². The molecule has 1 aromatic rings. The number of benzene rings is 1. The summed E-state index contributed by atoms with van der Waals surface area (Å²) in [6, 6.07) is 5.89. The summed E-state index contributed by atoms with van der Waals surface area (Å²) in [5, 5.41) is 1.16. The predicted molar refractivity (Wildman–Crippen MR) is 75.3 cm³/mol. The minimum absolute atomic E-state index is 0.226. The van der Waals surface area contributed by atoms with Crippen LogP contribution in [0.15, 0.2) is 30.4 Å². The number of hydrazine groups is 1. The number of halogens is 2. The average Bonchev–Trinajstić information content (AvgIpc) is 2.28. The van der Waals surface area contributed by atoms with Crippen LogP contribution in [-0.2, 0) is 6.42 Å². The first-order valence-corrected chi connectivity index (χ1v) is 6.33. The molecule has 0 aliphatic rings. The summed E-state index contributed by atoms with van der Waals surface area (Å²) >= 11 is 11.8. The van der Waals surface area contributed by atoms with Gasteiger partial charge < -0.3 is 0 Å². The second kappa shape index (κ2) is 7.02. The summed E-state index contributed by atoms with van der Waals surface area (Å²) in [5.41, 5.74) is 5.12. The number of nitrogens with one attached hydrogen (secondary N) is 1. The van der Waals surface area contributed by atoms with Gasteiger partial charge in [0.2, 0.25) is 0 Å². The van der Waals surface area contributed by atoms with E-state index >= 15 is 0 Å². The number of nitrogens with two attached hydrogens (primary N) is 1. The lowest BCUT2D eigenvalue weighted by Gasteiger charge is -2.16. The van der Waals surface area contributed by atoms with Gasteiger partial charge in [-0.15, -0.1) is 6.58 Å². The van der Waals surface area contributed by atoms with E-state index in [0.29, 0.717) is 10.0 Å². The van der Waals surface area contributed by atoms with Crippen LogP contribution in [0.1, 0.15) is 25.3 Å². The highest BCUT2D eigenvalue weighted by Crippen LogP contribution is 2.23. The third-order valence-corrected chi connectivity index (χ3v) is 3.36. The van der Waals surface area contributed by atoms with Gasteiger partial charge in [0.1, 0.15) is 0 Å². The summed E-state index contributed by atoms with van der Waals surface area (Å²) in [6.45, 7) is 5.91. The maximum Gasteiger partial charge on any atom is 0.0595 e. The summed E-state index contributed by atoms with van der Waals surface area (Å²) in [6.07, 6.45) is 2.77. The molecule has 0 radical (unpaired) electrons. The Labute approximate surface area is 113 Å². The molecule has 0 aliphatic carbocycles. The van der Waals surface area contributed by atoms with Gasteiger partial charge in [-0.1, -0.05) is 34.8 Å². The molecule has 1 aromatic carbocycles. The first-order valence-electron chi connectivity index (χ1n) is 5.57. The third kappa shape index (κ3) is 5.09. The first kappa shape index (κ1) is 14.5. The maximum atomic E-state index is 5.97. The number of hydrogen-bond donors (Lipinski definition) is 2. The highest BCUT2D eigenvalue weighted by atomic mass is 35.5. The molecule has 1 unspecified atom stereocenters. The van der Waals surface area contributed by atoms with Gasteiger partial charge in [-0.05, 0) is 43.9 Å². The lowest BCUT2D eigenvalue weighted by molar-refractivity contribution is 0.491. The summed E-state index contributed by atoms with van der Waals surface area (Å²) < 4.78 is 0. The van der Waals surface area contributed by atoms with Gasteiger partial charge in [0.05, 0.1) is 10.0 Å². The first-order chi connectivity index (χ1) is 8.02. The average molecular weight is 273 g/mol. The molecule has 1 atom stereocenters. The zero-order valence-electron chi connectivity index (χ0n) is 9.97. The van der Waals surface area contributed by atoms with Crippen LogP contribution < -0.4 is 11.3 Å². The van der Waals surface area contributed by atoms with Crippen molar-refractivity contribution in [1.29, 1.82) is 0 Å². The quantitative estimate of drug-likeness (QED) is 0.471. The van der Waals surface area contributed by atoms with E-state index in [9.17, 15) is 0 Å². The van der Waals surface area contributed by atoms with E-state index in [1.807, 2.05) is 25.1 Å². The minimum Gasteiger partial charge on any atom is -0.271 e. The van der Waals surface area contributed by atoms with E-state index in [2.05, 4.69) is 12.0 Å². The van der Waals surface area contributed by atoms with Crippen molar-refractivity contribution < 1.29 is 0 Å². The van der Waals surface area contributed by atoms with Crippen LogP contribution in [0.5, 0.6) is 0 Å². The van der Waals surface area contributed by atoms with Crippen molar-refractivity contribution in [2.75, 3.05) is 0 Å². The highest BCUT2D eigenvalue weighted by Gasteiger charge is 2.09. The van der Waals surface area contributed by atoms with Crippen LogP contribution in [-0.4, -0.2) is 6.04 Å². The highest BCUT2D eigenvalue weighted by molar-refractivity contribution is 6.42. The number of rotatable bonds is 6. The molecule has 94 valence electrons. The fourth-order valence-electron chi connectivity index (χ4n) is 1.62. The van der Waals surface area contributed by atoms with Crippen molar-refractivity contribution in [2.45, 2.75) is 32.2 Å². The molecule has 17 heavy (non-hydrogen) atoms. The van der Waals surface area contributed by atoms with Crippen LogP contribution in [0.4, 0.5) is 0 Å². The van der Waals surface area contributed by atoms with Crippen LogP contribution in [0.25, 0.3) is 0 Å². The van der Waals surface area contributed by atoms with Crippen LogP contribution in [0.2, 0.25) is 10.0 Å². The summed E-state index contributed by atoms with van der Waals surface area (Å²) in [7, 11) is 0. The Morgan fingerprint density at radius 3 is 2.65 bits per heavy atom. The van der Waals surface area contributed by atoms with Crippen molar-refractivity contribution in [3.8, 4) is 0 Å². The van der Waals surface area contributed by atoms with Crippen LogP contribution in [0, 0.1) is 0 Å². The largest absolute Gasteiger partial charge is 0.271 e. The third-order valence-electron chi connectivity index (χ3n) is 2.62. The monoisotopic (exact) mass is 272 g/mol. The van der Waals surface area contributed by atoms with Gasteiger partial charge in [0.15, 0.2) is 0 Å². The van der Waals surface area contributed by atoms with Gasteiger partial charge in [0, 0.05) is 6.04 Å². The van der Waals surface area contributed by atoms with Crippen molar-refractivity contribution in [2.24, 2.45) is 5.84 Å². The molecule has 4 heteroatoms. The van der Waals surface area contributed by atoms with Gasteiger partial charge >= 0.3 is 0 Å². The molecule has 0 aromatic heterocycles. The number of allylic oxidation sites excluding steroid dienone is 1. The molecule has 0 saturated heterocycles. The molecule has 0 spiro atoms. The van der Waals surface area contributed by atoms with Gasteiger partial charge in [-0.25, -0.2) is 0 Å². The molecule has 0 aliphatic heterocycles. The fourth-order valence-corrected chi connectivity index (χ4v) is 1.94. The van der Waals surface area contributed by atoms with Crippen LogP contribution in [0.3, 0.4) is 0 Å². The molecule has 2 nitrogen and oxygen atoms in total. The maximum absolute atomic E-state index is 5.97. The van der Waals surface area contributed by atoms with Gasteiger partial charge in [0.25, 0.3) is 0 Å². The molecule has 3 N–H and O–H groups in total. The summed E-state index contributed by atoms with van der Waals surface area (Å²) in [4.78, 5) is 0. The van der Waals surface area contributed by atoms with Crippen LogP contribution >= 0.6 is 23.2 Å². The van der Waals surface area contributed by atoms with E-state index < -0.39 is 0 Å². The minimum atomic E-state index is 0.226. The molecule has 1 rings (SSSR count). The Morgan fingerprint density at radius 2 is 2.12 bits per heavy atom. The molecule has 0 heterocycles. The van der Waals surface area contributed by atoms with Gasteiger partial charge in [-0.3, -0.25) is 11.3 Å². The normalized spacial score (nSPS) is 12.5. The molecule has 0 saturated carbocycles. The molecule has 0 amide bonds. The smallest absolute Gasteiger partial charge is 0.0595 e. The predicted octanol–water partition coefficient (Wildman–Crippen LogP) is 3.72.